The molecular weight excluding hydrogens is 373 g/mol. The number of likely N-dealkylation sites (tertiary alicyclic amines) is 1. The average Bonchev–Trinajstić information content (AvgIpc) is 2.75. The van der Waals surface area contributed by atoms with Gasteiger partial charge in [-0.05, 0) is 42.2 Å². The Morgan fingerprint density at radius 3 is 2.45 bits per heavy atom. The van der Waals surface area contributed by atoms with E-state index in [1.807, 2.05) is 24.3 Å². The van der Waals surface area contributed by atoms with E-state index in [1.165, 1.54) is 6.07 Å². The number of halogens is 1. The fourth-order valence-electron chi connectivity index (χ4n) is 3.35. The number of methoxy groups -OCH3 is 1. The van der Waals surface area contributed by atoms with Crippen molar-refractivity contribution in [3.05, 3.63) is 65.5 Å². The zero-order chi connectivity index (χ0) is 20.6. The van der Waals surface area contributed by atoms with E-state index in [1.54, 1.807) is 30.2 Å². The van der Waals surface area contributed by atoms with Gasteiger partial charge < -0.3 is 20.3 Å². The Bertz CT molecular complexity index is 833. The lowest BCUT2D eigenvalue weighted by Gasteiger charge is -2.32. The average molecular weight is 399 g/mol. The van der Waals surface area contributed by atoms with Gasteiger partial charge in [0.2, 0.25) is 5.91 Å². The molecule has 0 atom stereocenters. The number of nitrogens with one attached hydrogen (secondary N) is 2. The quantitative estimate of drug-likeness (QED) is 0.785. The lowest BCUT2D eigenvalue weighted by Crippen LogP contribution is -2.49. The normalized spacial score (nSPS) is 14.3. The Morgan fingerprint density at radius 1 is 1.10 bits per heavy atom. The molecule has 1 fully saturated rings. The number of urea groups is 1. The summed E-state index contributed by atoms with van der Waals surface area (Å²) in [5, 5.41) is 5.80. The lowest BCUT2D eigenvalue weighted by molar-refractivity contribution is -0.131. The molecule has 1 aliphatic heterocycles. The van der Waals surface area contributed by atoms with Crippen LogP contribution < -0.4 is 15.4 Å². The summed E-state index contributed by atoms with van der Waals surface area (Å²) in [7, 11) is 1.61. The standard InChI is InChI=1S/C22H26FN3O3/c1-29-19-8-6-16(7-9-19)15-24-22(28)25-18-10-12-26(13-11-18)21(27)14-17-4-2-3-5-20(17)23/h2-9,18H,10-15H2,1H3,(H2,24,25,28). The Labute approximate surface area is 170 Å². The molecule has 0 unspecified atom stereocenters. The molecule has 154 valence electrons. The number of piperidine rings is 1. The highest BCUT2D eigenvalue weighted by Crippen LogP contribution is 2.14. The first-order chi connectivity index (χ1) is 14.0. The predicted octanol–water partition coefficient (Wildman–Crippen LogP) is 2.87. The molecule has 2 aromatic carbocycles. The van der Waals surface area contributed by atoms with Crippen molar-refractivity contribution < 1.29 is 18.7 Å². The van der Waals surface area contributed by atoms with Gasteiger partial charge in [-0.2, -0.15) is 0 Å². The van der Waals surface area contributed by atoms with Gasteiger partial charge >= 0.3 is 6.03 Å². The summed E-state index contributed by atoms with van der Waals surface area (Å²) in [5.74, 6) is 0.331. The van der Waals surface area contributed by atoms with Crippen molar-refractivity contribution in [3.8, 4) is 5.75 Å². The fraction of sp³-hybridized carbons (Fsp3) is 0.364. The molecular formula is C22H26FN3O3. The van der Waals surface area contributed by atoms with Crippen LogP contribution in [0.2, 0.25) is 0 Å². The van der Waals surface area contributed by atoms with Crippen LogP contribution in [0.15, 0.2) is 48.5 Å². The molecule has 0 spiro atoms. The van der Waals surface area contributed by atoms with E-state index >= 15 is 0 Å². The molecule has 0 saturated carbocycles. The highest BCUT2D eigenvalue weighted by molar-refractivity contribution is 5.79. The zero-order valence-electron chi connectivity index (χ0n) is 16.5. The van der Waals surface area contributed by atoms with Gasteiger partial charge in [-0.1, -0.05) is 30.3 Å². The van der Waals surface area contributed by atoms with Crippen LogP contribution >= 0.6 is 0 Å². The molecule has 3 amide bonds. The number of carbonyl (C=O) groups is 2. The minimum Gasteiger partial charge on any atom is -0.497 e. The third-order valence-corrected chi connectivity index (χ3v) is 5.09. The fourth-order valence-corrected chi connectivity index (χ4v) is 3.35. The molecule has 1 aliphatic rings. The summed E-state index contributed by atoms with van der Waals surface area (Å²) in [6.07, 6.45) is 1.42. The van der Waals surface area contributed by atoms with Crippen LogP contribution in [-0.2, 0) is 17.8 Å². The molecule has 2 aromatic rings. The summed E-state index contributed by atoms with van der Waals surface area (Å²) in [6.45, 7) is 1.53. The van der Waals surface area contributed by atoms with Crippen LogP contribution in [0.5, 0.6) is 5.75 Å². The van der Waals surface area contributed by atoms with Crippen molar-refractivity contribution in [3.63, 3.8) is 0 Å². The second-order valence-electron chi connectivity index (χ2n) is 7.10. The first-order valence-electron chi connectivity index (χ1n) is 9.73. The van der Waals surface area contributed by atoms with Crippen molar-refractivity contribution in [1.29, 1.82) is 0 Å². The lowest BCUT2D eigenvalue weighted by atomic mass is 10.0. The van der Waals surface area contributed by atoms with E-state index in [-0.39, 0.29) is 30.2 Å². The first kappa shape index (κ1) is 20.6. The van der Waals surface area contributed by atoms with Gasteiger partial charge in [0.1, 0.15) is 11.6 Å². The van der Waals surface area contributed by atoms with Crippen molar-refractivity contribution in [2.75, 3.05) is 20.2 Å². The Balaban J connectivity index is 1.39. The number of benzene rings is 2. The van der Waals surface area contributed by atoms with Crippen LogP contribution in [0, 0.1) is 5.82 Å². The molecule has 0 bridgehead atoms. The SMILES string of the molecule is COc1ccc(CNC(=O)NC2CCN(C(=O)Cc3ccccc3F)CC2)cc1. The van der Waals surface area contributed by atoms with E-state index in [9.17, 15) is 14.0 Å². The summed E-state index contributed by atoms with van der Waals surface area (Å²) in [4.78, 5) is 26.3. The molecule has 0 aromatic heterocycles. The van der Waals surface area contributed by atoms with Gasteiger partial charge in [0.15, 0.2) is 0 Å². The van der Waals surface area contributed by atoms with E-state index in [0.29, 0.717) is 38.0 Å². The number of hydrogen-bond acceptors (Lipinski definition) is 3. The highest BCUT2D eigenvalue weighted by atomic mass is 19.1. The molecule has 0 aliphatic carbocycles. The Kier molecular flexibility index (Phi) is 7.05. The second kappa shape index (κ2) is 9.91. The number of ether oxygens (including phenoxy) is 1. The number of carbonyl (C=O) groups excluding carboxylic acids is 2. The molecule has 1 saturated heterocycles. The number of hydrogen-bond donors (Lipinski definition) is 2. The topological polar surface area (TPSA) is 70.7 Å². The molecule has 29 heavy (non-hydrogen) atoms. The number of rotatable bonds is 6. The van der Waals surface area contributed by atoms with Crippen molar-refractivity contribution in [1.82, 2.24) is 15.5 Å². The maximum absolute atomic E-state index is 13.7. The van der Waals surface area contributed by atoms with Gasteiger partial charge in [0, 0.05) is 25.7 Å². The molecule has 7 heteroatoms. The van der Waals surface area contributed by atoms with Crippen molar-refractivity contribution in [2.45, 2.75) is 31.8 Å². The molecule has 3 rings (SSSR count). The van der Waals surface area contributed by atoms with E-state index in [4.69, 9.17) is 4.74 Å². The van der Waals surface area contributed by atoms with Crippen molar-refractivity contribution in [2.24, 2.45) is 0 Å². The van der Waals surface area contributed by atoms with Gasteiger partial charge in [-0.15, -0.1) is 0 Å². The largest absolute Gasteiger partial charge is 0.497 e. The Hall–Kier alpha value is -3.09. The highest BCUT2D eigenvalue weighted by Gasteiger charge is 2.24. The minimum absolute atomic E-state index is 0.0170. The minimum atomic E-state index is -0.356. The molecule has 0 radical (unpaired) electrons. The van der Waals surface area contributed by atoms with Gasteiger partial charge in [-0.3, -0.25) is 4.79 Å². The number of nitrogens with zero attached hydrogens (tertiary/aromatic N) is 1. The van der Waals surface area contributed by atoms with Gasteiger partial charge in [0.25, 0.3) is 0 Å². The molecule has 1 heterocycles. The zero-order valence-corrected chi connectivity index (χ0v) is 16.5. The van der Waals surface area contributed by atoms with Gasteiger partial charge in [0.05, 0.1) is 13.5 Å². The van der Waals surface area contributed by atoms with E-state index in [2.05, 4.69) is 10.6 Å². The smallest absolute Gasteiger partial charge is 0.315 e. The third-order valence-electron chi connectivity index (χ3n) is 5.09. The summed E-state index contributed by atoms with van der Waals surface area (Å²) < 4.78 is 18.8. The van der Waals surface area contributed by atoms with Crippen LogP contribution in [0.4, 0.5) is 9.18 Å². The summed E-state index contributed by atoms with van der Waals surface area (Å²) in [5.41, 5.74) is 1.39. The third kappa shape index (κ3) is 5.94. The van der Waals surface area contributed by atoms with Crippen LogP contribution in [0.1, 0.15) is 24.0 Å². The summed E-state index contributed by atoms with van der Waals surface area (Å²) in [6, 6.07) is 13.6. The van der Waals surface area contributed by atoms with Crippen LogP contribution in [0.25, 0.3) is 0 Å². The monoisotopic (exact) mass is 399 g/mol. The van der Waals surface area contributed by atoms with Crippen LogP contribution in [0.3, 0.4) is 0 Å². The predicted molar refractivity (Wildman–Crippen MR) is 108 cm³/mol. The van der Waals surface area contributed by atoms with Crippen molar-refractivity contribution >= 4 is 11.9 Å². The first-order valence-corrected chi connectivity index (χ1v) is 9.73. The Morgan fingerprint density at radius 2 is 1.79 bits per heavy atom. The maximum atomic E-state index is 13.7. The van der Waals surface area contributed by atoms with E-state index < -0.39 is 0 Å². The van der Waals surface area contributed by atoms with Crippen LogP contribution in [-0.4, -0.2) is 43.1 Å². The molecule has 6 nitrogen and oxygen atoms in total. The number of amides is 3. The van der Waals surface area contributed by atoms with Gasteiger partial charge in [-0.25, -0.2) is 9.18 Å². The maximum Gasteiger partial charge on any atom is 0.315 e. The second-order valence-corrected chi connectivity index (χ2v) is 7.10. The molecule has 2 N–H and O–H groups in total. The van der Waals surface area contributed by atoms with E-state index in [0.717, 1.165) is 11.3 Å². The summed E-state index contributed by atoms with van der Waals surface area (Å²) >= 11 is 0.